The van der Waals surface area contributed by atoms with Crippen molar-refractivity contribution in [1.29, 1.82) is 10.5 Å². The molecule has 2 aliphatic heterocycles. The van der Waals surface area contributed by atoms with Gasteiger partial charge in [-0.05, 0) is 53.6 Å². The van der Waals surface area contributed by atoms with Gasteiger partial charge in [0.05, 0.1) is 18.2 Å². The van der Waals surface area contributed by atoms with Crippen molar-refractivity contribution in [3.63, 3.8) is 0 Å². The molecule has 0 N–H and O–H groups in total. The van der Waals surface area contributed by atoms with Gasteiger partial charge in [0.1, 0.15) is 11.9 Å². The molecule has 3 aromatic carbocycles. The zero-order chi connectivity index (χ0) is 23.2. The van der Waals surface area contributed by atoms with Crippen molar-refractivity contribution in [3.8, 4) is 12.1 Å². The van der Waals surface area contributed by atoms with Crippen molar-refractivity contribution in [1.82, 2.24) is 0 Å². The van der Waals surface area contributed by atoms with E-state index in [0.717, 1.165) is 16.8 Å². The van der Waals surface area contributed by atoms with Crippen molar-refractivity contribution >= 4 is 29.1 Å². The summed E-state index contributed by atoms with van der Waals surface area (Å²) in [5.41, 5.74) is 1.04. The lowest BCUT2D eigenvalue weighted by Crippen LogP contribution is -2.44. The van der Waals surface area contributed by atoms with Crippen LogP contribution in [0.3, 0.4) is 0 Å². The first kappa shape index (κ1) is 20.9. The Morgan fingerprint density at radius 1 is 1.00 bits per heavy atom. The van der Waals surface area contributed by atoms with Crippen molar-refractivity contribution < 1.29 is 9.18 Å². The highest BCUT2D eigenvalue weighted by Gasteiger charge is 2.63. The van der Waals surface area contributed by atoms with Crippen molar-refractivity contribution in [2.45, 2.75) is 18.0 Å². The average Bonchev–Trinajstić information content (AvgIpc) is 3.15. The van der Waals surface area contributed by atoms with Crippen molar-refractivity contribution in [3.05, 3.63) is 106 Å². The van der Waals surface area contributed by atoms with E-state index >= 15 is 0 Å². The van der Waals surface area contributed by atoms with Crippen molar-refractivity contribution in [2.75, 3.05) is 4.90 Å². The molecule has 0 radical (unpaired) electrons. The fourth-order valence-corrected chi connectivity index (χ4v) is 5.26. The van der Waals surface area contributed by atoms with Crippen LogP contribution in [0.15, 0.2) is 78.9 Å². The zero-order valence-electron chi connectivity index (χ0n) is 17.3. The molecule has 160 valence electrons. The van der Waals surface area contributed by atoms with Gasteiger partial charge in [-0.2, -0.15) is 10.5 Å². The first-order valence-corrected chi connectivity index (χ1v) is 10.8. The molecule has 0 bridgehead atoms. The van der Waals surface area contributed by atoms with Gasteiger partial charge in [-0.15, -0.1) is 0 Å². The first-order chi connectivity index (χ1) is 16.0. The molecule has 0 amide bonds. The molecule has 0 unspecified atom stereocenters. The van der Waals surface area contributed by atoms with Gasteiger partial charge in [0.2, 0.25) is 0 Å². The maximum absolute atomic E-state index is 14.0. The van der Waals surface area contributed by atoms with Crippen LogP contribution in [0, 0.1) is 33.9 Å². The number of halogens is 2. The van der Waals surface area contributed by atoms with Crippen LogP contribution in [0.4, 0.5) is 10.1 Å². The summed E-state index contributed by atoms with van der Waals surface area (Å²) < 4.78 is 13.6. The lowest BCUT2D eigenvalue weighted by atomic mass is 9.69. The van der Waals surface area contributed by atoms with Crippen molar-refractivity contribution in [2.24, 2.45) is 5.41 Å². The topological polar surface area (TPSA) is 67.9 Å². The standard InChI is InChI=1S/C27H17ClFN3O/c28-20-9-12-22-19(14-20)8-13-23-27(15-30,16-31)24(17-4-2-1-3-5-17)25(32(22)23)26(33)18-6-10-21(29)11-7-18/h1-14,23-25H/t23-,24+,25-/m1/s1. The zero-order valence-corrected chi connectivity index (χ0v) is 18.1. The van der Waals surface area contributed by atoms with Crippen LogP contribution in [-0.2, 0) is 0 Å². The van der Waals surface area contributed by atoms with Gasteiger partial charge in [-0.1, -0.05) is 54.1 Å². The summed E-state index contributed by atoms with van der Waals surface area (Å²) in [6.45, 7) is 0. The fourth-order valence-electron chi connectivity index (χ4n) is 5.08. The Morgan fingerprint density at radius 3 is 2.36 bits per heavy atom. The van der Waals surface area contributed by atoms with E-state index in [-0.39, 0.29) is 5.78 Å². The Labute approximate surface area is 195 Å². The summed E-state index contributed by atoms with van der Waals surface area (Å²) in [5, 5.41) is 21.3. The fraction of sp³-hybridized carbons (Fsp3) is 0.148. The van der Waals surface area contributed by atoms with E-state index in [1.165, 1.54) is 24.3 Å². The number of Topliss-reactive ketones (excluding diaryl/α,β-unsaturated/α-hetero) is 1. The van der Waals surface area contributed by atoms with Gasteiger partial charge in [0.15, 0.2) is 11.2 Å². The Hall–Kier alpha value is -3.93. The number of carbonyl (C=O) groups is 1. The third-order valence-electron chi connectivity index (χ3n) is 6.52. The second-order valence-electron chi connectivity index (χ2n) is 8.21. The van der Waals surface area contributed by atoms with Gasteiger partial charge in [-0.3, -0.25) is 4.79 Å². The number of nitrogens with zero attached hydrogens (tertiary/aromatic N) is 3. The van der Waals surface area contributed by atoms with Crippen LogP contribution in [0.2, 0.25) is 5.02 Å². The van der Waals surface area contributed by atoms with Gasteiger partial charge in [0.25, 0.3) is 0 Å². The summed E-state index contributed by atoms with van der Waals surface area (Å²) in [4.78, 5) is 15.8. The molecule has 1 fully saturated rings. The van der Waals surface area contributed by atoms with Crippen LogP contribution in [-0.4, -0.2) is 17.9 Å². The van der Waals surface area contributed by atoms with Crippen LogP contribution >= 0.6 is 11.6 Å². The predicted octanol–water partition coefficient (Wildman–Crippen LogP) is 5.76. The summed E-state index contributed by atoms with van der Waals surface area (Å²) in [5.74, 6) is -1.46. The first-order valence-electron chi connectivity index (χ1n) is 10.4. The Morgan fingerprint density at radius 2 is 1.70 bits per heavy atom. The highest BCUT2D eigenvalue weighted by molar-refractivity contribution is 6.30. The molecule has 0 aromatic heterocycles. The van der Waals surface area contributed by atoms with E-state index in [1.807, 2.05) is 47.4 Å². The maximum Gasteiger partial charge on any atom is 0.185 e. The van der Waals surface area contributed by atoms with Crippen LogP contribution in [0.25, 0.3) is 6.08 Å². The number of hydrogen-bond acceptors (Lipinski definition) is 4. The third-order valence-corrected chi connectivity index (χ3v) is 6.76. The number of fused-ring (bicyclic) bond motifs is 3. The van der Waals surface area contributed by atoms with E-state index in [0.29, 0.717) is 10.6 Å². The van der Waals surface area contributed by atoms with Gasteiger partial charge in [-0.25, -0.2) is 4.39 Å². The SMILES string of the molecule is N#CC1(C#N)[C@@H](c2ccccc2)[C@H](C(=O)c2ccc(F)cc2)N2c3ccc(Cl)cc3C=C[C@@H]21. The minimum atomic E-state index is -1.52. The van der Waals surface area contributed by atoms with Gasteiger partial charge < -0.3 is 4.90 Å². The number of rotatable bonds is 3. The van der Waals surface area contributed by atoms with E-state index in [1.54, 1.807) is 18.2 Å². The summed E-state index contributed by atoms with van der Waals surface area (Å²) >= 11 is 6.20. The lowest BCUT2D eigenvalue weighted by molar-refractivity contribution is 0.0951. The maximum atomic E-state index is 14.0. The number of benzene rings is 3. The van der Waals surface area contributed by atoms with Crippen LogP contribution in [0.1, 0.15) is 27.4 Å². The van der Waals surface area contributed by atoms with Gasteiger partial charge in [0, 0.05) is 22.2 Å². The molecule has 1 saturated heterocycles. The van der Waals surface area contributed by atoms with E-state index < -0.39 is 29.2 Å². The van der Waals surface area contributed by atoms with E-state index in [9.17, 15) is 19.7 Å². The number of hydrogen-bond donors (Lipinski definition) is 0. The highest BCUT2D eigenvalue weighted by atomic mass is 35.5. The Kier molecular flexibility index (Phi) is 5.01. The number of carbonyl (C=O) groups excluding carboxylic acids is 1. The molecular formula is C27H17ClFN3O. The quantitative estimate of drug-likeness (QED) is 0.472. The molecule has 6 heteroatoms. The lowest BCUT2D eigenvalue weighted by Gasteiger charge is -2.35. The minimum Gasteiger partial charge on any atom is -0.351 e. The van der Waals surface area contributed by atoms with Crippen LogP contribution in [0.5, 0.6) is 0 Å². The molecule has 0 saturated carbocycles. The van der Waals surface area contributed by atoms with E-state index in [4.69, 9.17) is 11.6 Å². The molecular weight excluding hydrogens is 437 g/mol. The summed E-state index contributed by atoms with van der Waals surface area (Å²) in [7, 11) is 0. The minimum absolute atomic E-state index is 0.280. The molecule has 3 aromatic rings. The number of nitriles is 2. The molecule has 0 aliphatic carbocycles. The third kappa shape index (κ3) is 3.13. The highest BCUT2D eigenvalue weighted by Crippen LogP contribution is 2.55. The second kappa shape index (κ2) is 7.89. The largest absolute Gasteiger partial charge is 0.351 e. The van der Waals surface area contributed by atoms with E-state index in [2.05, 4.69) is 12.1 Å². The molecule has 33 heavy (non-hydrogen) atoms. The average molecular weight is 454 g/mol. The molecule has 3 atom stereocenters. The summed E-state index contributed by atoms with van der Waals surface area (Å²) in [6.07, 6.45) is 3.65. The van der Waals surface area contributed by atoms with Crippen LogP contribution < -0.4 is 4.90 Å². The molecule has 5 rings (SSSR count). The molecule has 0 spiro atoms. The molecule has 2 aliphatic rings. The number of anilines is 1. The number of ketones is 1. The monoisotopic (exact) mass is 453 g/mol. The molecule has 2 heterocycles. The predicted molar refractivity (Wildman–Crippen MR) is 124 cm³/mol. The normalized spacial score (nSPS) is 22.1. The Bertz CT molecular complexity index is 1340. The van der Waals surface area contributed by atoms with Gasteiger partial charge >= 0.3 is 0 Å². The smallest absolute Gasteiger partial charge is 0.185 e. The Balaban J connectivity index is 1.78. The molecule has 4 nitrogen and oxygen atoms in total. The summed E-state index contributed by atoms with van der Waals surface area (Å²) in [6, 6.07) is 22.9. The second-order valence-corrected chi connectivity index (χ2v) is 8.65.